The zero-order chi connectivity index (χ0) is 14.8. The number of carbonyl (C=O) groups is 1. The van der Waals surface area contributed by atoms with Gasteiger partial charge in [0.05, 0.1) is 18.1 Å². The molecule has 2 aromatic heterocycles. The number of carbonyl (C=O) groups excluding carboxylic acids is 1. The van der Waals surface area contributed by atoms with E-state index in [1.54, 1.807) is 37.6 Å². The molecule has 0 radical (unpaired) electrons. The van der Waals surface area contributed by atoms with Crippen molar-refractivity contribution in [3.05, 3.63) is 59.5 Å². The van der Waals surface area contributed by atoms with Gasteiger partial charge >= 0.3 is 0 Å². The summed E-state index contributed by atoms with van der Waals surface area (Å²) in [5.41, 5.74) is 1.74. The van der Waals surface area contributed by atoms with E-state index in [0.29, 0.717) is 16.7 Å². The number of H-pyrrole nitrogens is 1. The van der Waals surface area contributed by atoms with Crippen LogP contribution in [0.15, 0.2) is 42.6 Å². The van der Waals surface area contributed by atoms with Gasteiger partial charge in [-0.3, -0.25) is 4.79 Å². The van der Waals surface area contributed by atoms with Gasteiger partial charge in [-0.05, 0) is 24.3 Å². The Hall–Kier alpha value is -3.13. The molecule has 3 aromatic rings. The Labute approximate surface area is 120 Å². The maximum absolute atomic E-state index is 12.6. The van der Waals surface area contributed by atoms with Gasteiger partial charge in [0.1, 0.15) is 23.2 Å². The van der Waals surface area contributed by atoms with Crippen molar-refractivity contribution in [3.8, 4) is 11.8 Å². The highest BCUT2D eigenvalue weighted by atomic mass is 16.5. The smallest absolute Gasteiger partial charge is 0.213 e. The van der Waals surface area contributed by atoms with Crippen molar-refractivity contribution in [1.29, 1.82) is 5.26 Å². The topological polar surface area (TPSA) is 78.8 Å². The molecule has 0 aliphatic carbocycles. The van der Waals surface area contributed by atoms with Crippen molar-refractivity contribution < 1.29 is 9.53 Å². The van der Waals surface area contributed by atoms with Crippen molar-refractivity contribution in [3.63, 3.8) is 0 Å². The monoisotopic (exact) mass is 277 g/mol. The second kappa shape index (κ2) is 5.10. The molecule has 0 spiro atoms. The highest BCUT2D eigenvalue weighted by molar-refractivity contribution is 6.16. The lowest BCUT2D eigenvalue weighted by Gasteiger charge is -2.04. The first-order valence-corrected chi connectivity index (χ1v) is 6.30. The van der Waals surface area contributed by atoms with Gasteiger partial charge in [0.2, 0.25) is 5.78 Å². The van der Waals surface area contributed by atoms with E-state index in [9.17, 15) is 4.79 Å². The number of aromatic nitrogens is 2. The minimum Gasteiger partial charge on any atom is -0.496 e. The Bertz CT molecular complexity index is 875. The highest BCUT2D eigenvalue weighted by Gasteiger charge is 2.18. The molecule has 0 saturated heterocycles. The molecule has 21 heavy (non-hydrogen) atoms. The molecule has 0 aliphatic heterocycles. The molecule has 0 unspecified atom stereocenters. The Kier molecular flexibility index (Phi) is 3.13. The Balaban J connectivity index is 2.16. The number of methoxy groups -OCH3 is 1. The first-order valence-electron chi connectivity index (χ1n) is 6.30. The number of ether oxygens (including phenoxy) is 1. The second-order valence-electron chi connectivity index (χ2n) is 4.43. The maximum Gasteiger partial charge on any atom is 0.213 e. The first kappa shape index (κ1) is 12.9. The van der Waals surface area contributed by atoms with Crippen molar-refractivity contribution in [2.75, 3.05) is 7.11 Å². The number of nitrogens with zero attached hydrogens (tertiary/aromatic N) is 2. The van der Waals surface area contributed by atoms with E-state index in [4.69, 9.17) is 10.00 Å². The van der Waals surface area contributed by atoms with Gasteiger partial charge in [-0.15, -0.1) is 0 Å². The number of rotatable bonds is 3. The molecule has 2 heterocycles. The largest absolute Gasteiger partial charge is 0.496 e. The number of hydrogen-bond donors (Lipinski definition) is 1. The van der Waals surface area contributed by atoms with Gasteiger partial charge in [-0.25, -0.2) is 4.98 Å². The summed E-state index contributed by atoms with van der Waals surface area (Å²) in [5.74, 6) is 0.372. The molecular weight excluding hydrogens is 266 g/mol. The van der Waals surface area contributed by atoms with Crippen LogP contribution in [0.2, 0.25) is 0 Å². The highest BCUT2D eigenvalue weighted by Crippen LogP contribution is 2.29. The van der Waals surface area contributed by atoms with Crippen LogP contribution in [0.25, 0.3) is 10.9 Å². The zero-order valence-corrected chi connectivity index (χ0v) is 11.3. The van der Waals surface area contributed by atoms with Crippen LogP contribution >= 0.6 is 0 Å². The number of aromatic amines is 1. The Morgan fingerprint density at radius 3 is 2.86 bits per heavy atom. The van der Waals surface area contributed by atoms with Crippen LogP contribution in [-0.4, -0.2) is 22.9 Å². The summed E-state index contributed by atoms with van der Waals surface area (Å²) >= 11 is 0. The lowest BCUT2D eigenvalue weighted by Crippen LogP contribution is -2.04. The molecule has 102 valence electrons. The number of hydrogen-bond acceptors (Lipinski definition) is 4. The molecule has 0 amide bonds. The van der Waals surface area contributed by atoms with Gasteiger partial charge < -0.3 is 9.72 Å². The average molecular weight is 277 g/mol. The number of ketones is 1. The van der Waals surface area contributed by atoms with E-state index in [1.807, 2.05) is 18.2 Å². The summed E-state index contributed by atoms with van der Waals surface area (Å²) in [7, 11) is 1.56. The fourth-order valence-electron chi connectivity index (χ4n) is 2.26. The molecule has 0 saturated carbocycles. The van der Waals surface area contributed by atoms with E-state index in [2.05, 4.69) is 9.97 Å². The van der Waals surface area contributed by atoms with Crippen LogP contribution in [0.4, 0.5) is 0 Å². The summed E-state index contributed by atoms with van der Waals surface area (Å²) in [6, 6.07) is 12.2. The van der Waals surface area contributed by atoms with E-state index in [-0.39, 0.29) is 17.2 Å². The molecule has 0 atom stereocenters. The minimum atomic E-state index is -0.247. The number of nitriles is 1. The molecular formula is C16H11N3O2. The van der Waals surface area contributed by atoms with Crippen molar-refractivity contribution in [2.24, 2.45) is 0 Å². The molecule has 0 fully saturated rings. The zero-order valence-electron chi connectivity index (χ0n) is 11.3. The summed E-state index contributed by atoms with van der Waals surface area (Å²) < 4.78 is 5.31. The normalized spacial score (nSPS) is 10.3. The lowest BCUT2D eigenvalue weighted by atomic mass is 10.1. The van der Waals surface area contributed by atoms with Crippen molar-refractivity contribution in [2.45, 2.75) is 0 Å². The second-order valence-corrected chi connectivity index (χ2v) is 4.43. The standard InChI is InChI=1S/C16H11N3O2/c1-21-14-7-3-5-12-15(14)11(9-18-12)16(20)13-6-2-4-10(8-17)19-13/h2-7,9,18H,1H3. The van der Waals surface area contributed by atoms with Crippen LogP contribution < -0.4 is 4.74 Å². The Morgan fingerprint density at radius 2 is 2.10 bits per heavy atom. The number of pyridine rings is 1. The van der Waals surface area contributed by atoms with Gasteiger partial charge in [-0.1, -0.05) is 12.1 Å². The molecule has 0 bridgehead atoms. The summed E-state index contributed by atoms with van der Waals surface area (Å²) in [4.78, 5) is 19.7. The van der Waals surface area contributed by atoms with Crippen molar-refractivity contribution >= 4 is 16.7 Å². The van der Waals surface area contributed by atoms with Crippen molar-refractivity contribution in [1.82, 2.24) is 9.97 Å². The molecule has 0 aliphatic rings. The third-order valence-corrected chi connectivity index (χ3v) is 3.23. The quantitative estimate of drug-likeness (QED) is 0.746. The fraction of sp³-hybridized carbons (Fsp3) is 0.0625. The molecule has 1 aromatic carbocycles. The molecule has 5 heteroatoms. The van der Waals surface area contributed by atoms with E-state index >= 15 is 0 Å². The molecule has 1 N–H and O–H groups in total. The van der Waals surface area contributed by atoms with Crippen LogP contribution in [0.5, 0.6) is 5.75 Å². The Morgan fingerprint density at radius 1 is 1.29 bits per heavy atom. The maximum atomic E-state index is 12.6. The van der Waals surface area contributed by atoms with Gasteiger partial charge in [0.15, 0.2) is 0 Å². The van der Waals surface area contributed by atoms with Gasteiger partial charge in [0, 0.05) is 11.7 Å². The third kappa shape index (κ3) is 2.13. The fourth-order valence-corrected chi connectivity index (χ4v) is 2.26. The van der Waals surface area contributed by atoms with E-state index in [0.717, 1.165) is 5.52 Å². The summed E-state index contributed by atoms with van der Waals surface area (Å²) in [6.07, 6.45) is 1.64. The average Bonchev–Trinajstić information content (AvgIpc) is 2.98. The van der Waals surface area contributed by atoms with Crippen LogP contribution in [0.3, 0.4) is 0 Å². The number of benzene rings is 1. The summed E-state index contributed by atoms with van der Waals surface area (Å²) in [6.45, 7) is 0. The predicted octanol–water partition coefficient (Wildman–Crippen LogP) is 2.67. The van der Waals surface area contributed by atoms with Crippen LogP contribution in [0.1, 0.15) is 21.7 Å². The van der Waals surface area contributed by atoms with Crippen LogP contribution in [-0.2, 0) is 0 Å². The summed E-state index contributed by atoms with van der Waals surface area (Å²) in [5, 5.41) is 9.60. The van der Waals surface area contributed by atoms with Gasteiger partial charge in [-0.2, -0.15) is 5.26 Å². The predicted molar refractivity (Wildman–Crippen MR) is 77.2 cm³/mol. The molecule has 3 rings (SSSR count). The van der Waals surface area contributed by atoms with Crippen LogP contribution in [0, 0.1) is 11.3 Å². The minimum absolute atomic E-state index is 0.215. The first-order chi connectivity index (χ1) is 10.2. The van der Waals surface area contributed by atoms with E-state index in [1.165, 1.54) is 0 Å². The van der Waals surface area contributed by atoms with Gasteiger partial charge in [0.25, 0.3) is 0 Å². The number of nitrogens with one attached hydrogen (secondary N) is 1. The molecule has 5 nitrogen and oxygen atoms in total. The SMILES string of the molecule is COc1cccc2[nH]cc(C(=O)c3cccc(C#N)n3)c12. The third-order valence-electron chi connectivity index (χ3n) is 3.23. The number of fused-ring (bicyclic) bond motifs is 1. The van der Waals surface area contributed by atoms with E-state index < -0.39 is 0 Å². The lowest BCUT2D eigenvalue weighted by molar-refractivity contribution is 0.103.